The molecule has 0 fully saturated rings. The Bertz CT molecular complexity index is 425. The minimum atomic E-state index is -3.02. The Morgan fingerprint density at radius 1 is 1.60 bits per heavy atom. The Balaban J connectivity index is 3.45. The number of hydrogen-bond acceptors (Lipinski definition) is 4. The zero-order valence-corrected chi connectivity index (χ0v) is 8.57. The van der Waals surface area contributed by atoms with Gasteiger partial charge in [-0.25, -0.2) is 8.78 Å². The normalized spacial score (nSPS) is 10.4. The summed E-state index contributed by atoms with van der Waals surface area (Å²) in [6.45, 7) is 0. The van der Waals surface area contributed by atoms with E-state index < -0.39 is 22.7 Å². The van der Waals surface area contributed by atoms with Crippen LogP contribution in [0.1, 0.15) is 22.5 Å². The van der Waals surface area contributed by atoms with Crippen molar-refractivity contribution in [3.05, 3.63) is 31.9 Å². The van der Waals surface area contributed by atoms with Gasteiger partial charge in [0.1, 0.15) is 5.56 Å². The number of nitro groups is 1. The molecule has 80 valence electrons. The number of alkyl halides is 2. The number of aromatic nitrogens is 1. The van der Waals surface area contributed by atoms with Crippen molar-refractivity contribution in [2.45, 2.75) is 6.43 Å². The zero-order valence-electron chi connectivity index (χ0n) is 6.99. The van der Waals surface area contributed by atoms with Crippen LogP contribution in [0.4, 0.5) is 14.6 Å². The molecule has 5 nitrogen and oxygen atoms in total. The molecule has 0 saturated heterocycles. The van der Waals surface area contributed by atoms with Crippen molar-refractivity contribution in [1.82, 2.24) is 4.98 Å². The van der Waals surface area contributed by atoms with Crippen LogP contribution in [0.2, 0.25) is 0 Å². The van der Waals surface area contributed by atoms with Crippen LogP contribution in [-0.4, -0.2) is 16.2 Å². The van der Waals surface area contributed by atoms with E-state index in [0.717, 1.165) is 6.07 Å². The molecule has 0 saturated carbocycles. The van der Waals surface area contributed by atoms with E-state index in [1.165, 1.54) is 0 Å². The third kappa shape index (κ3) is 2.32. The van der Waals surface area contributed by atoms with Crippen LogP contribution >= 0.6 is 15.9 Å². The van der Waals surface area contributed by atoms with Crippen molar-refractivity contribution in [3.8, 4) is 0 Å². The minimum absolute atomic E-state index is 0.00148. The number of aldehydes is 1. The number of rotatable bonds is 3. The van der Waals surface area contributed by atoms with Crippen LogP contribution in [0.25, 0.3) is 0 Å². The fraction of sp³-hybridized carbons (Fsp3) is 0.143. The van der Waals surface area contributed by atoms with Crippen LogP contribution in [0.15, 0.2) is 10.5 Å². The second-order valence-corrected chi connectivity index (χ2v) is 3.30. The third-order valence-corrected chi connectivity index (χ3v) is 2.17. The van der Waals surface area contributed by atoms with E-state index in [0.29, 0.717) is 0 Å². The maximum Gasteiger partial charge on any atom is 0.373 e. The second kappa shape index (κ2) is 4.39. The highest BCUT2D eigenvalue weighted by Gasteiger charge is 2.26. The lowest BCUT2D eigenvalue weighted by molar-refractivity contribution is -0.391. The molecule has 1 heterocycles. The van der Waals surface area contributed by atoms with Crippen molar-refractivity contribution in [2.24, 2.45) is 0 Å². The van der Waals surface area contributed by atoms with Gasteiger partial charge < -0.3 is 10.1 Å². The first kappa shape index (κ1) is 11.6. The van der Waals surface area contributed by atoms with Gasteiger partial charge in [-0.15, -0.1) is 0 Å². The number of carbonyl (C=O) groups is 1. The highest BCUT2D eigenvalue weighted by atomic mass is 79.9. The maximum atomic E-state index is 12.3. The van der Waals surface area contributed by atoms with Crippen LogP contribution in [-0.2, 0) is 0 Å². The molecule has 1 rings (SSSR count). The molecule has 0 spiro atoms. The molecule has 1 aromatic rings. The lowest BCUT2D eigenvalue weighted by Gasteiger charge is -2.02. The summed E-state index contributed by atoms with van der Waals surface area (Å²) in [7, 11) is 0. The van der Waals surface area contributed by atoms with Gasteiger partial charge in [0.05, 0.1) is 4.47 Å². The van der Waals surface area contributed by atoms with Gasteiger partial charge in [-0.05, 0) is 31.9 Å². The van der Waals surface area contributed by atoms with E-state index in [-0.39, 0.29) is 16.5 Å². The Morgan fingerprint density at radius 2 is 2.20 bits per heavy atom. The average molecular weight is 281 g/mol. The molecular weight excluding hydrogens is 278 g/mol. The summed E-state index contributed by atoms with van der Waals surface area (Å²) in [6, 6.07) is 0.819. The fourth-order valence-corrected chi connectivity index (χ4v) is 1.33. The van der Waals surface area contributed by atoms with Gasteiger partial charge >= 0.3 is 5.82 Å². The average Bonchev–Trinajstić information content (AvgIpc) is 2.16. The smallest absolute Gasteiger partial charge is 0.358 e. The van der Waals surface area contributed by atoms with Gasteiger partial charge in [0.25, 0.3) is 6.43 Å². The van der Waals surface area contributed by atoms with Gasteiger partial charge in [-0.2, -0.15) is 0 Å². The first-order valence-electron chi connectivity index (χ1n) is 3.55. The maximum absolute atomic E-state index is 12.3. The van der Waals surface area contributed by atoms with Crippen molar-refractivity contribution in [3.63, 3.8) is 0 Å². The number of carbonyl (C=O) groups excluding carboxylic acids is 1. The molecule has 0 N–H and O–H groups in total. The number of halogens is 3. The Hall–Kier alpha value is -1.44. The Labute approximate surface area is 90.4 Å². The number of nitrogens with zero attached hydrogens (tertiary/aromatic N) is 2. The largest absolute Gasteiger partial charge is 0.373 e. The number of hydrogen-bond donors (Lipinski definition) is 0. The molecule has 0 aliphatic carbocycles. The molecule has 0 atom stereocenters. The molecule has 0 aliphatic heterocycles. The summed E-state index contributed by atoms with van der Waals surface area (Å²) in [6.07, 6.45) is -2.78. The predicted molar refractivity (Wildman–Crippen MR) is 48.9 cm³/mol. The summed E-state index contributed by atoms with van der Waals surface area (Å²) in [4.78, 5) is 22.9. The van der Waals surface area contributed by atoms with Gasteiger partial charge in [0, 0.05) is 0 Å². The molecule has 0 aliphatic rings. The molecular formula is C7H3BrF2N2O3. The third-order valence-electron chi connectivity index (χ3n) is 1.53. The summed E-state index contributed by atoms with van der Waals surface area (Å²) in [5.74, 6) is -1.00. The Kier molecular flexibility index (Phi) is 3.40. The lowest BCUT2D eigenvalue weighted by Crippen LogP contribution is -2.02. The van der Waals surface area contributed by atoms with Gasteiger partial charge in [-0.3, -0.25) is 4.79 Å². The topological polar surface area (TPSA) is 73.1 Å². The second-order valence-electron chi connectivity index (χ2n) is 2.44. The highest BCUT2D eigenvalue weighted by Crippen LogP contribution is 2.30. The first-order valence-corrected chi connectivity index (χ1v) is 4.34. The quantitative estimate of drug-likeness (QED) is 0.484. The first-order chi connectivity index (χ1) is 6.97. The monoisotopic (exact) mass is 280 g/mol. The SMILES string of the molecule is O=Cc1nc([N+](=O)[O-])c(C(F)F)cc1Br. The summed E-state index contributed by atoms with van der Waals surface area (Å²) in [5, 5.41) is 10.4. The molecule has 0 amide bonds. The minimum Gasteiger partial charge on any atom is -0.358 e. The summed E-state index contributed by atoms with van der Waals surface area (Å²) in [5.41, 5.74) is -1.11. The predicted octanol–water partition coefficient (Wildman–Crippen LogP) is 2.50. The van der Waals surface area contributed by atoms with E-state index >= 15 is 0 Å². The standard InChI is InChI=1S/C7H3BrF2N2O3/c8-4-1-3(6(9)10)7(12(14)15)11-5(4)2-13/h1-2,6H. The van der Waals surface area contributed by atoms with E-state index in [2.05, 4.69) is 20.9 Å². The highest BCUT2D eigenvalue weighted by molar-refractivity contribution is 9.10. The fourth-order valence-electron chi connectivity index (χ4n) is 0.897. The molecule has 1 aromatic heterocycles. The van der Waals surface area contributed by atoms with Crippen molar-refractivity contribution >= 4 is 28.0 Å². The van der Waals surface area contributed by atoms with E-state index in [1.807, 2.05) is 0 Å². The molecule has 8 heteroatoms. The van der Waals surface area contributed by atoms with Crippen molar-refractivity contribution < 1.29 is 18.5 Å². The van der Waals surface area contributed by atoms with Crippen LogP contribution < -0.4 is 0 Å². The molecule has 0 bridgehead atoms. The van der Waals surface area contributed by atoms with Crippen LogP contribution in [0, 0.1) is 10.1 Å². The van der Waals surface area contributed by atoms with Gasteiger partial charge in [-0.1, -0.05) is 0 Å². The van der Waals surface area contributed by atoms with Gasteiger partial charge in [0.15, 0.2) is 6.29 Å². The zero-order chi connectivity index (χ0) is 11.6. The summed E-state index contributed by atoms with van der Waals surface area (Å²) < 4.78 is 24.7. The molecule has 0 aromatic carbocycles. The molecule has 15 heavy (non-hydrogen) atoms. The van der Waals surface area contributed by atoms with Crippen LogP contribution in [0.5, 0.6) is 0 Å². The van der Waals surface area contributed by atoms with Crippen molar-refractivity contribution in [1.29, 1.82) is 0 Å². The lowest BCUT2D eigenvalue weighted by atomic mass is 10.2. The van der Waals surface area contributed by atoms with E-state index in [4.69, 9.17) is 0 Å². The van der Waals surface area contributed by atoms with Crippen molar-refractivity contribution in [2.75, 3.05) is 0 Å². The van der Waals surface area contributed by atoms with E-state index in [1.54, 1.807) is 0 Å². The molecule has 0 radical (unpaired) electrons. The van der Waals surface area contributed by atoms with E-state index in [9.17, 15) is 23.7 Å². The van der Waals surface area contributed by atoms with Gasteiger partial charge in [0.2, 0.25) is 5.69 Å². The molecule has 0 unspecified atom stereocenters. The summed E-state index contributed by atoms with van der Waals surface area (Å²) >= 11 is 2.81. The number of pyridine rings is 1. The van der Waals surface area contributed by atoms with Crippen LogP contribution in [0.3, 0.4) is 0 Å². The Morgan fingerprint density at radius 3 is 2.60 bits per heavy atom.